The first-order valence-corrected chi connectivity index (χ1v) is 4.89. The number of carbonyl (C=O) groups excluding carboxylic acids is 3. The van der Waals surface area contributed by atoms with Crippen molar-refractivity contribution < 1.29 is 19.3 Å². The van der Waals surface area contributed by atoms with E-state index in [0.717, 1.165) is 0 Å². The minimum atomic E-state index is -0.995. The SMILES string of the molecule is O=C1NC(=O)N(Cc2cccc([N+](=O)[O-])c2)C1=O. The van der Waals surface area contributed by atoms with Gasteiger partial charge in [-0.2, -0.15) is 0 Å². The number of amides is 4. The van der Waals surface area contributed by atoms with Crippen molar-refractivity contribution in [3.8, 4) is 0 Å². The lowest BCUT2D eigenvalue weighted by Crippen LogP contribution is -2.30. The number of nitro groups is 1. The van der Waals surface area contributed by atoms with E-state index in [-0.39, 0.29) is 12.2 Å². The molecule has 18 heavy (non-hydrogen) atoms. The van der Waals surface area contributed by atoms with Crippen LogP contribution in [0.5, 0.6) is 0 Å². The van der Waals surface area contributed by atoms with Gasteiger partial charge in [-0.15, -0.1) is 0 Å². The quantitative estimate of drug-likeness (QED) is 0.355. The highest BCUT2D eigenvalue weighted by Gasteiger charge is 2.36. The van der Waals surface area contributed by atoms with Gasteiger partial charge in [-0.3, -0.25) is 29.9 Å². The molecule has 1 saturated heterocycles. The number of urea groups is 1. The molecule has 4 amide bonds. The van der Waals surface area contributed by atoms with Gasteiger partial charge in [-0.05, 0) is 5.56 Å². The second-order valence-corrected chi connectivity index (χ2v) is 3.58. The third-order valence-corrected chi connectivity index (χ3v) is 2.37. The fourth-order valence-electron chi connectivity index (χ4n) is 1.53. The maximum atomic E-state index is 11.3. The molecule has 1 aliphatic rings. The number of nitrogens with zero attached hydrogens (tertiary/aromatic N) is 2. The number of benzene rings is 1. The molecule has 1 aliphatic heterocycles. The molecule has 1 N–H and O–H groups in total. The van der Waals surface area contributed by atoms with Gasteiger partial charge in [-0.1, -0.05) is 12.1 Å². The van der Waals surface area contributed by atoms with E-state index in [1.807, 2.05) is 5.32 Å². The molecule has 0 atom stereocenters. The number of carbonyl (C=O) groups is 3. The van der Waals surface area contributed by atoms with E-state index in [9.17, 15) is 24.5 Å². The van der Waals surface area contributed by atoms with Gasteiger partial charge in [0, 0.05) is 12.1 Å². The normalized spacial score (nSPS) is 14.9. The summed E-state index contributed by atoms with van der Waals surface area (Å²) in [5, 5.41) is 12.4. The Morgan fingerprint density at radius 1 is 1.28 bits per heavy atom. The number of rotatable bonds is 3. The number of nitro benzene ring substituents is 1. The van der Waals surface area contributed by atoms with Crippen molar-refractivity contribution in [2.45, 2.75) is 6.54 Å². The smallest absolute Gasteiger partial charge is 0.269 e. The van der Waals surface area contributed by atoms with Gasteiger partial charge in [0.1, 0.15) is 0 Å². The summed E-state index contributed by atoms with van der Waals surface area (Å²) < 4.78 is 0. The van der Waals surface area contributed by atoms with E-state index in [2.05, 4.69) is 0 Å². The molecule has 8 nitrogen and oxygen atoms in total. The minimum absolute atomic E-state index is 0.147. The van der Waals surface area contributed by atoms with Gasteiger partial charge in [0.05, 0.1) is 11.5 Å². The molecule has 0 bridgehead atoms. The number of hydrogen-bond acceptors (Lipinski definition) is 5. The minimum Gasteiger partial charge on any atom is -0.269 e. The molecule has 0 aromatic heterocycles. The highest BCUT2D eigenvalue weighted by molar-refractivity contribution is 6.44. The van der Waals surface area contributed by atoms with Crippen LogP contribution >= 0.6 is 0 Å². The third-order valence-electron chi connectivity index (χ3n) is 2.37. The fraction of sp³-hybridized carbons (Fsp3) is 0.100. The lowest BCUT2D eigenvalue weighted by atomic mass is 10.2. The zero-order valence-electron chi connectivity index (χ0n) is 8.95. The number of hydrogen-bond donors (Lipinski definition) is 1. The maximum Gasteiger partial charge on any atom is 0.331 e. The van der Waals surface area contributed by atoms with Crippen molar-refractivity contribution in [3.05, 3.63) is 39.9 Å². The first-order chi connectivity index (χ1) is 8.49. The summed E-state index contributed by atoms with van der Waals surface area (Å²) >= 11 is 0. The Morgan fingerprint density at radius 2 is 2.00 bits per heavy atom. The second kappa shape index (κ2) is 4.24. The van der Waals surface area contributed by atoms with E-state index in [1.165, 1.54) is 24.3 Å². The van der Waals surface area contributed by atoms with Crippen molar-refractivity contribution >= 4 is 23.5 Å². The Hall–Kier alpha value is -2.77. The van der Waals surface area contributed by atoms with Crippen molar-refractivity contribution in [1.82, 2.24) is 10.2 Å². The molecule has 1 fully saturated rings. The summed E-state index contributed by atoms with van der Waals surface area (Å²) in [6, 6.07) is 4.67. The molecule has 0 spiro atoms. The van der Waals surface area contributed by atoms with Gasteiger partial charge in [0.25, 0.3) is 5.69 Å². The van der Waals surface area contributed by atoms with Crippen LogP contribution in [0.15, 0.2) is 24.3 Å². The number of nitrogens with one attached hydrogen (secondary N) is 1. The van der Waals surface area contributed by atoms with Crippen molar-refractivity contribution in [3.63, 3.8) is 0 Å². The van der Waals surface area contributed by atoms with E-state index < -0.39 is 22.8 Å². The Morgan fingerprint density at radius 3 is 2.56 bits per heavy atom. The molecule has 2 rings (SSSR count). The first kappa shape index (κ1) is 11.7. The highest BCUT2D eigenvalue weighted by atomic mass is 16.6. The zero-order chi connectivity index (χ0) is 13.3. The molecule has 0 saturated carbocycles. The predicted molar refractivity (Wildman–Crippen MR) is 57.2 cm³/mol. The fourth-order valence-corrected chi connectivity index (χ4v) is 1.53. The summed E-state index contributed by atoms with van der Waals surface area (Å²) in [6.45, 7) is -0.182. The molecule has 1 heterocycles. The van der Waals surface area contributed by atoms with Crippen molar-refractivity contribution in [2.24, 2.45) is 0 Å². The van der Waals surface area contributed by atoms with Crippen LogP contribution in [0.3, 0.4) is 0 Å². The van der Waals surface area contributed by atoms with Gasteiger partial charge >= 0.3 is 17.8 Å². The van der Waals surface area contributed by atoms with Crippen LogP contribution in [0, 0.1) is 10.1 Å². The Kier molecular flexibility index (Phi) is 2.76. The summed E-state index contributed by atoms with van der Waals surface area (Å²) in [5.74, 6) is -1.96. The van der Waals surface area contributed by atoms with E-state index >= 15 is 0 Å². The molecular weight excluding hydrogens is 242 g/mol. The summed E-state index contributed by atoms with van der Waals surface area (Å²) in [7, 11) is 0. The molecule has 0 radical (unpaired) electrons. The molecule has 8 heteroatoms. The van der Waals surface area contributed by atoms with E-state index in [1.54, 1.807) is 0 Å². The Labute approximate surface area is 100 Å². The second-order valence-electron chi connectivity index (χ2n) is 3.58. The van der Waals surface area contributed by atoms with Gasteiger partial charge in [0.2, 0.25) is 0 Å². The monoisotopic (exact) mass is 249 g/mol. The van der Waals surface area contributed by atoms with E-state index in [0.29, 0.717) is 10.5 Å². The van der Waals surface area contributed by atoms with E-state index in [4.69, 9.17) is 0 Å². The summed E-state index contributed by atoms with van der Waals surface area (Å²) in [6.07, 6.45) is 0. The van der Waals surface area contributed by atoms with Gasteiger partial charge in [0.15, 0.2) is 0 Å². The number of imide groups is 2. The Balaban J connectivity index is 2.22. The lowest BCUT2D eigenvalue weighted by molar-refractivity contribution is -0.384. The third kappa shape index (κ3) is 2.03. The molecule has 1 aromatic carbocycles. The van der Waals surface area contributed by atoms with Crippen LogP contribution in [-0.4, -0.2) is 27.7 Å². The molecular formula is C10H7N3O5. The molecule has 0 unspecified atom stereocenters. The summed E-state index contributed by atoms with van der Waals surface area (Å²) in [4.78, 5) is 44.2. The molecule has 0 aliphatic carbocycles. The lowest BCUT2D eigenvalue weighted by Gasteiger charge is -2.10. The van der Waals surface area contributed by atoms with Crippen LogP contribution in [0.2, 0.25) is 0 Å². The van der Waals surface area contributed by atoms with Crippen molar-refractivity contribution in [2.75, 3.05) is 0 Å². The van der Waals surface area contributed by atoms with Gasteiger partial charge in [-0.25, -0.2) is 4.79 Å². The van der Waals surface area contributed by atoms with Crippen LogP contribution in [0.25, 0.3) is 0 Å². The standard InChI is InChI=1S/C10H7N3O5/c14-8-9(15)12(10(16)11-8)5-6-2-1-3-7(4-6)13(17)18/h1-4H,5H2,(H,11,14,16). The van der Waals surface area contributed by atoms with Crippen molar-refractivity contribution in [1.29, 1.82) is 0 Å². The zero-order valence-corrected chi connectivity index (χ0v) is 8.95. The largest absolute Gasteiger partial charge is 0.331 e. The maximum absolute atomic E-state index is 11.3. The summed E-state index contributed by atoms with van der Waals surface area (Å²) in [5.41, 5.74) is 0.244. The molecule has 1 aromatic rings. The van der Waals surface area contributed by atoms with Crippen LogP contribution in [0.1, 0.15) is 5.56 Å². The predicted octanol–water partition coefficient (Wildman–Crippen LogP) is 0.173. The number of non-ortho nitro benzene ring substituents is 1. The van der Waals surface area contributed by atoms with Gasteiger partial charge < -0.3 is 0 Å². The first-order valence-electron chi connectivity index (χ1n) is 4.89. The van der Waals surface area contributed by atoms with Crippen LogP contribution < -0.4 is 5.32 Å². The van der Waals surface area contributed by atoms with Crippen LogP contribution in [0.4, 0.5) is 10.5 Å². The van der Waals surface area contributed by atoms with Crippen LogP contribution in [-0.2, 0) is 16.1 Å². The molecule has 92 valence electrons. The highest BCUT2D eigenvalue weighted by Crippen LogP contribution is 2.16. The average Bonchev–Trinajstić information content (AvgIpc) is 2.56. The Bertz CT molecular complexity index is 568. The average molecular weight is 249 g/mol. The topological polar surface area (TPSA) is 110 Å².